The molecule has 4 rings (SSSR count). The minimum Gasteiger partial charge on any atom is -0.393 e. The third kappa shape index (κ3) is 4.50. The molecular formula is C22H33ClN5O3S+. The number of allylic oxidation sites excluding steroid dienone is 1. The second-order valence-electron chi connectivity index (χ2n) is 9.14. The van der Waals surface area contributed by atoms with Gasteiger partial charge in [-0.3, -0.25) is 9.59 Å². The molecule has 3 aliphatic heterocycles. The smallest absolute Gasteiger partial charge is 0.269 e. The van der Waals surface area contributed by atoms with Crippen LogP contribution in [0.15, 0.2) is 29.3 Å². The summed E-state index contributed by atoms with van der Waals surface area (Å²) in [5.74, 6) is -0.662. The maximum absolute atomic E-state index is 12.5. The van der Waals surface area contributed by atoms with Gasteiger partial charge >= 0.3 is 0 Å². The summed E-state index contributed by atoms with van der Waals surface area (Å²) in [5, 5.41) is 13.4. The SMILES string of the molecule is C[C@@H](O)[C@H]1C(=O)N2C(C(=O)Cl)=C(S[C@@H]3CN[C@H](CCn4cc[n+](CCCN)c4)C3)[C@H](C)[C@H]12. The van der Waals surface area contributed by atoms with Gasteiger partial charge < -0.3 is 21.1 Å². The zero-order valence-corrected chi connectivity index (χ0v) is 20.2. The van der Waals surface area contributed by atoms with Gasteiger partial charge in [-0.1, -0.05) is 6.92 Å². The molecule has 0 aliphatic carbocycles. The fourth-order valence-corrected chi connectivity index (χ4v) is 6.99. The Morgan fingerprint density at radius 1 is 1.50 bits per heavy atom. The number of halogens is 1. The van der Waals surface area contributed by atoms with Crippen LogP contribution in [-0.4, -0.2) is 62.3 Å². The van der Waals surface area contributed by atoms with Crippen molar-refractivity contribution in [2.75, 3.05) is 13.1 Å². The number of aromatic nitrogens is 2. The monoisotopic (exact) mass is 482 g/mol. The third-order valence-electron chi connectivity index (χ3n) is 6.87. The fourth-order valence-electron chi connectivity index (χ4n) is 5.22. The van der Waals surface area contributed by atoms with Crippen molar-refractivity contribution >= 4 is 34.5 Å². The predicted molar refractivity (Wildman–Crippen MR) is 124 cm³/mol. The fraction of sp³-hybridized carbons (Fsp3) is 0.682. The number of aliphatic hydroxyl groups is 1. The highest BCUT2D eigenvalue weighted by Crippen LogP contribution is 2.52. The van der Waals surface area contributed by atoms with Crippen molar-refractivity contribution in [1.29, 1.82) is 0 Å². The van der Waals surface area contributed by atoms with Gasteiger partial charge in [0.2, 0.25) is 12.2 Å². The molecule has 0 aromatic carbocycles. The first-order chi connectivity index (χ1) is 15.3. The number of nitrogens with one attached hydrogen (secondary N) is 1. The van der Waals surface area contributed by atoms with Gasteiger partial charge in [-0.05, 0) is 37.9 Å². The third-order valence-corrected chi connectivity index (χ3v) is 8.56. The van der Waals surface area contributed by atoms with Crippen molar-refractivity contribution in [2.24, 2.45) is 17.6 Å². The van der Waals surface area contributed by atoms with E-state index in [1.165, 1.54) is 4.90 Å². The van der Waals surface area contributed by atoms with Gasteiger partial charge in [0.25, 0.3) is 5.24 Å². The molecule has 8 nitrogen and oxygen atoms in total. The van der Waals surface area contributed by atoms with E-state index in [1.807, 2.05) is 6.92 Å². The summed E-state index contributed by atoms with van der Waals surface area (Å²) in [6, 6.07) is 0.233. The second-order valence-corrected chi connectivity index (χ2v) is 10.8. The average molecular weight is 483 g/mol. The number of fused-ring (bicyclic) bond motifs is 1. The molecule has 1 aromatic heterocycles. The number of nitrogens with zero attached hydrogens (tertiary/aromatic N) is 3. The van der Waals surface area contributed by atoms with Crippen molar-refractivity contribution in [3.8, 4) is 0 Å². The molecule has 0 radical (unpaired) electrons. The first-order valence-corrected chi connectivity index (χ1v) is 12.7. The van der Waals surface area contributed by atoms with E-state index in [1.54, 1.807) is 18.7 Å². The van der Waals surface area contributed by atoms with E-state index in [0.717, 1.165) is 43.8 Å². The molecule has 0 unspecified atom stereocenters. The molecule has 4 N–H and O–H groups in total. The number of imidazole rings is 1. The molecule has 6 atom stereocenters. The Morgan fingerprint density at radius 3 is 2.97 bits per heavy atom. The molecule has 0 saturated carbocycles. The number of hydrogen-bond acceptors (Lipinski definition) is 6. The van der Waals surface area contributed by atoms with Crippen LogP contribution < -0.4 is 15.6 Å². The van der Waals surface area contributed by atoms with E-state index in [4.69, 9.17) is 17.3 Å². The van der Waals surface area contributed by atoms with Crippen LogP contribution in [0.5, 0.6) is 0 Å². The van der Waals surface area contributed by atoms with Gasteiger partial charge in [-0.2, -0.15) is 0 Å². The predicted octanol–water partition coefficient (Wildman–Crippen LogP) is 0.813. The summed E-state index contributed by atoms with van der Waals surface area (Å²) in [7, 11) is 0. The lowest BCUT2D eigenvalue weighted by atomic mass is 9.79. The molecule has 2 saturated heterocycles. The van der Waals surface area contributed by atoms with Crippen molar-refractivity contribution in [1.82, 2.24) is 14.8 Å². The van der Waals surface area contributed by atoms with Crippen LogP contribution >= 0.6 is 23.4 Å². The lowest BCUT2D eigenvalue weighted by Crippen LogP contribution is -2.63. The van der Waals surface area contributed by atoms with Crippen molar-refractivity contribution < 1.29 is 19.3 Å². The Bertz CT molecular complexity index is 904. The van der Waals surface area contributed by atoms with Crippen LogP contribution in [0.25, 0.3) is 0 Å². The highest BCUT2D eigenvalue weighted by molar-refractivity contribution is 8.03. The van der Waals surface area contributed by atoms with E-state index in [-0.39, 0.29) is 17.9 Å². The molecule has 3 aliphatic rings. The zero-order valence-electron chi connectivity index (χ0n) is 18.6. The number of carbonyl (C=O) groups excluding carboxylic acids is 2. The van der Waals surface area contributed by atoms with Crippen LogP contribution in [0.2, 0.25) is 0 Å². The van der Waals surface area contributed by atoms with Gasteiger partial charge in [-0.25, -0.2) is 9.13 Å². The number of β-lactam (4-membered cyclic amide) rings is 1. The van der Waals surface area contributed by atoms with Crippen LogP contribution in [0.4, 0.5) is 0 Å². The number of aliphatic hydroxyl groups excluding tert-OH is 1. The summed E-state index contributed by atoms with van der Waals surface area (Å²) >= 11 is 7.58. The number of carbonyl (C=O) groups is 2. The quantitative estimate of drug-likeness (QED) is 0.259. The Hall–Kier alpha value is -1.39. The first-order valence-electron chi connectivity index (χ1n) is 11.4. The molecule has 1 aromatic rings. The summed E-state index contributed by atoms with van der Waals surface area (Å²) < 4.78 is 4.37. The minimum absolute atomic E-state index is 0.00195. The maximum atomic E-state index is 12.5. The number of amides is 1. The van der Waals surface area contributed by atoms with Crippen LogP contribution in [0.1, 0.15) is 33.1 Å². The first kappa shape index (κ1) is 23.8. The van der Waals surface area contributed by atoms with E-state index >= 15 is 0 Å². The van der Waals surface area contributed by atoms with Gasteiger partial charge in [0.15, 0.2) is 0 Å². The number of nitrogens with two attached hydrogens (primary N) is 1. The average Bonchev–Trinajstić information content (AvgIpc) is 3.43. The molecule has 0 bridgehead atoms. The van der Waals surface area contributed by atoms with Crippen LogP contribution in [-0.2, 0) is 22.7 Å². The van der Waals surface area contributed by atoms with E-state index in [9.17, 15) is 14.7 Å². The van der Waals surface area contributed by atoms with Gasteiger partial charge in [0.05, 0.1) is 31.2 Å². The van der Waals surface area contributed by atoms with E-state index < -0.39 is 17.3 Å². The Morgan fingerprint density at radius 2 is 2.28 bits per heavy atom. The Labute approximate surface area is 198 Å². The van der Waals surface area contributed by atoms with Gasteiger partial charge in [-0.15, -0.1) is 11.8 Å². The Balaban J connectivity index is 1.34. The molecule has 32 heavy (non-hydrogen) atoms. The highest BCUT2D eigenvalue weighted by atomic mass is 35.5. The number of hydrogen-bond donors (Lipinski definition) is 3. The summed E-state index contributed by atoms with van der Waals surface area (Å²) in [6.07, 6.45) is 8.57. The molecule has 0 spiro atoms. The number of aryl methyl sites for hydroxylation is 2. The van der Waals surface area contributed by atoms with E-state index in [2.05, 4.69) is 33.2 Å². The molecule has 4 heterocycles. The van der Waals surface area contributed by atoms with Gasteiger partial charge in [0.1, 0.15) is 18.1 Å². The lowest BCUT2D eigenvalue weighted by molar-refractivity contribution is -0.696. The van der Waals surface area contributed by atoms with Crippen LogP contribution in [0, 0.1) is 11.8 Å². The maximum Gasteiger partial charge on any atom is 0.269 e. The summed E-state index contributed by atoms with van der Waals surface area (Å²) in [5.41, 5.74) is 5.91. The molecule has 10 heteroatoms. The van der Waals surface area contributed by atoms with Crippen molar-refractivity contribution in [3.63, 3.8) is 0 Å². The molecule has 2 fully saturated rings. The normalized spacial score (nSPS) is 30.6. The summed E-state index contributed by atoms with van der Waals surface area (Å²) in [6.45, 7) is 7.10. The van der Waals surface area contributed by atoms with E-state index in [0.29, 0.717) is 23.5 Å². The summed E-state index contributed by atoms with van der Waals surface area (Å²) in [4.78, 5) is 27.2. The standard InChI is InChI=1S/C22H33ClN5O3S/c1-13-18-17(14(2)29)22(31)28(18)19(21(23)30)20(13)32-16-10-15(25-11-16)4-7-27-9-8-26(12-27)6-3-5-24/h8-9,12-18,25,29H,3-7,10-11,24H2,1-2H3/q+1/t13-,14-,15-,16+,17-,18-/m1/s1. The van der Waals surface area contributed by atoms with Crippen molar-refractivity contribution in [3.05, 3.63) is 29.3 Å². The molecule has 1 amide bonds. The van der Waals surface area contributed by atoms with Crippen LogP contribution in [0.3, 0.4) is 0 Å². The van der Waals surface area contributed by atoms with Gasteiger partial charge in [0, 0.05) is 35.1 Å². The topological polar surface area (TPSA) is 104 Å². The lowest BCUT2D eigenvalue weighted by Gasteiger charge is -2.46. The largest absolute Gasteiger partial charge is 0.393 e. The second kappa shape index (κ2) is 9.85. The van der Waals surface area contributed by atoms with Crippen molar-refractivity contribution in [2.45, 2.75) is 69.6 Å². The highest BCUT2D eigenvalue weighted by Gasteiger charge is 2.59. The number of rotatable bonds is 10. The zero-order chi connectivity index (χ0) is 23.0. The number of thioether (sulfide) groups is 1. The molecular weight excluding hydrogens is 450 g/mol. The minimum atomic E-state index is -0.734. The Kier molecular flexibility index (Phi) is 7.31. The molecule has 176 valence electrons.